The number of amides is 1. The Morgan fingerprint density at radius 3 is 2.57 bits per heavy atom. The summed E-state index contributed by atoms with van der Waals surface area (Å²) in [7, 11) is 2.09. The predicted molar refractivity (Wildman–Crippen MR) is 114 cm³/mol. The third-order valence-corrected chi connectivity index (χ3v) is 5.45. The summed E-state index contributed by atoms with van der Waals surface area (Å²) in [6, 6.07) is 15.5. The average Bonchev–Trinajstić information content (AvgIpc) is 3.25. The molecule has 1 saturated heterocycles. The van der Waals surface area contributed by atoms with E-state index in [-0.39, 0.29) is 17.5 Å². The molecule has 0 spiro atoms. The Balaban J connectivity index is 1.51. The number of likely N-dealkylation sites (N-methyl/N-ethyl adjacent to an activating group) is 1. The van der Waals surface area contributed by atoms with Crippen molar-refractivity contribution in [3.8, 4) is 11.3 Å². The molecule has 1 aliphatic heterocycles. The number of halogens is 1. The minimum Gasteiger partial charge on any atom is -0.369 e. The van der Waals surface area contributed by atoms with E-state index in [4.69, 9.17) is 4.52 Å². The molecule has 2 heterocycles. The molecule has 6 nitrogen and oxygen atoms in total. The summed E-state index contributed by atoms with van der Waals surface area (Å²) in [5, 5.41) is 6.91. The first-order valence-electron chi connectivity index (χ1n) is 10.1. The van der Waals surface area contributed by atoms with Gasteiger partial charge in [0.05, 0.1) is 6.04 Å². The van der Waals surface area contributed by atoms with Gasteiger partial charge in [-0.3, -0.25) is 4.79 Å². The molecule has 1 aromatic heterocycles. The van der Waals surface area contributed by atoms with Crippen molar-refractivity contribution in [3.63, 3.8) is 0 Å². The smallest absolute Gasteiger partial charge is 0.290 e. The third-order valence-electron chi connectivity index (χ3n) is 5.45. The van der Waals surface area contributed by atoms with Crippen LogP contribution >= 0.6 is 0 Å². The molecule has 3 aromatic rings. The second-order valence-corrected chi connectivity index (χ2v) is 7.63. The van der Waals surface area contributed by atoms with E-state index in [0.29, 0.717) is 5.69 Å². The number of carbonyl (C=O) groups is 1. The molecule has 1 aliphatic rings. The van der Waals surface area contributed by atoms with Crippen molar-refractivity contribution in [2.75, 3.05) is 38.1 Å². The van der Waals surface area contributed by atoms with Crippen LogP contribution in [-0.4, -0.2) is 49.2 Å². The van der Waals surface area contributed by atoms with Gasteiger partial charge in [0.2, 0.25) is 5.76 Å². The third kappa shape index (κ3) is 4.36. The molecule has 7 heteroatoms. The van der Waals surface area contributed by atoms with Crippen molar-refractivity contribution in [3.05, 3.63) is 71.7 Å². The van der Waals surface area contributed by atoms with Gasteiger partial charge in [-0.05, 0) is 32.2 Å². The van der Waals surface area contributed by atoms with Gasteiger partial charge in [0.25, 0.3) is 5.91 Å². The van der Waals surface area contributed by atoms with Gasteiger partial charge in [-0.25, -0.2) is 4.39 Å². The van der Waals surface area contributed by atoms with Gasteiger partial charge in [0.15, 0.2) is 0 Å². The van der Waals surface area contributed by atoms with Crippen LogP contribution in [0.1, 0.15) is 29.1 Å². The first kappa shape index (κ1) is 20.1. The van der Waals surface area contributed by atoms with Gasteiger partial charge < -0.3 is 19.6 Å². The Labute approximate surface area is 175 Å². The van der Waals surface area contributed by atoms with Gasteiger partial charge in [0.1, 0.15) is 11.5 Å². The molecule has 30 heavy (non-hydrogen) atoms. The minimum absolute atomic E-state index is 0.123. The molecule has 156 valence electrons. The molecule has 1 atom stereocenters. The second-order valence-electron chi connectivity index (χ2n) is 7.63. The zero-order chi connectivity index (χ0) is 21.1. The summed E-state index contributed by atoms with van der Waals surface area (Å²) in [4.78, 5) is 17.2. The maximum absolute atomic E-state index is 14.0. The summed E-state index contributed by atoms with van der Waals surface area (Å²) in [5.41, 5.74) is 3.16. The Hall–Kier alpha value is -3.19. The van der Waals surface area contributed by atoms with Gasteiger partial charge in [0, 0.05) is 49.1 Å². The van der Waals surface area contributed by atoms with Crippen molar-refractivity contribution in [2.45, 2.75) is 13.0 Å². The molecule has 1 unspecified atom stereocenters. The van der Waals surface area contributed by atoms with E-state index in [1.54, 1.807) is 12.1 Å². The standard InChI is InChI=1S/C23H25FN4O2/c1-16(19-14-18(24)8-9-21(19)28-12-10-27(2)11-13-28)25-23(29)22-15-20(26-30-22)17-6-4-3-5-7-17/h3-9,14-16H,10-13H2,1-2H3,(H,25,29). The SMILES string of the molecule is CC(NC(=O)c1cc(-c2ccccc2)no1)c1cc(F)ccc1N1CCN(C)CC1. The van der Waals surface area contributed by atoms with Gasteiger partial charge in [-0.2, -0.15) is 0 Å². The zero-order valence-electron chi connectivity index (χ0n) is 17.1. The number of hydrogen-bond donors (Lipinski definition) is 1. The van der Waals surface area contributed by atoms with E-state index in [9.17, 15) is 9.18 Å². The molecular formula is C23H25FN4O2. The first-order valence-corrected chi connectivity index (χ1v) is 10.1. The van der Waals surface area contributed by atoms with E-state index in [2.05, 4.69) is 27.3 Å². The topological polar surface area (TPSA) is 61.6 Å². The Morgan fingerprint density at radius 2 is 1.83 bits per heavy atom. The van der Waals surface area contributed by atoms with E-state index in [1.165, 1.54) is 12.1 Å². The highest BCUT2D eigenvalue weighted by Crippen LogP contribution is 2.29. The highest BCUT2D eigenvalue weighted by atomic mass is 19.1. The number of piperazine rings is 1. The Kier molecular flexibility index (Phi) is 5.81. The number of nitrogens with zero attached hydrogens (tertiary/aromatic N) is 3. The lowest BCUT2D eigenvalue weighted by Gasteiger charge is -2.36. The Morgan fingerprint density at radius 1 is 1.10 bits per heavy atom. The van der Waals surface area contributed by atoms with Crippen LogP contribution in [0.15, 0.2) is 59.1 Å². The maximum atomic E-state index is 14.0. The number of anilines is 1. The summed E-state index contributed by atoms with van der Waals surface area (Å²) in [5.74, 6) is -0.584. The van der Waals surface area contributed by atoms with Crippen LogP contribution in [0.2, 0.25) is 0 Å². The second kappa shape index (κ2) is 8.67. The number of benzene rings is 2. The van der Waals surface area contributed by atoms with E-state index < -0.39 is 6.04 Å². The van der Waals surface area contributed by atoms with Crippen molar-refractivity contribution < 1.29 is 13.7 Å². The van der Waals surface area contributed by atoms with Crippen LogP contribution in [0, 0.1) is 5.82 Å². The number of nitrogens with one attached hydrogen (secondary N) is 1. The molecule has 1 fully saturated rings. The van der Waals surface area contributed by atoms with Crippen molar-refractivity contribution in [1.82, 2.24) is 15.4 Å². The normalized spacial score (nSPS) is 15.8. The highest BCUT2D eigenvalue weighted by Gasteiger charge is 2.23. The molecule has 0 aliphatic carbocycles. The quantitative estimate of drug-likeness (QED) is 0.697. The lowest BCUT2D eigenvalue weighted by Crippen LogP contribution is -2.45. The van der Waals surface area contributed by atoms with Crippen LogP contribution in [-0.2, 0) is 0 Å². The van der Waals surface area contributed by atoms with Crippen molar-refractivity contribution in [2.24, 2.45) is 0 Å². The number of rotatable bonds is 5. The van der Waals surface area contributed by atoms with Crippen LogP contribution in [0.3, 0.4) is 0 Å². The summed E-state index contributed by atoms with van der Waals surface area (Å²) in [6.45, 7) is 5.45. The first-order chi connectivity index (χ1) is 14.5. The monoisotopic (exact) mass is 408 g/mol. The molecule has 0 bridgehead atoms. The van der Waals surface area contributed by atoms with Crippen LogP contribution in [0.25, 0.3) is 11.3 Å². The zero-order valence-corrected chi connectivity index (χ0v) is 17.1. The van der Waals surface area contributed by atoms with Crippen LogP contribution in [0.4, 0.5) is 10.1 Å². The van der Waals surface area contributed by atoms with E-state index >= 15 is 0 Å². The van der Waals surface area contributed by atoms with E-state index in [0.717, 1.165) is 43.0 Å². The van der Waals surface area contributed by atoms with Crippen molar-refractivity contribution in [1.29, 1.82) is 0 Å². The van der Waals surface area contributed by atoms with Gasteiger partial charge >= 0.3 is 0 Å². The minimum atomic E-state index is -0.395. The van der Waals surface area contributed by atoms with Gasteiger partial charge in [-0.1, -0.05) is 35.5 Å². The largest absolute Gasteiger partial charge is 0.369 e. The fourth-order valence-corrected chi connectivity index (χ4v) is 3.68. The summed E-state index contributed by atoms with van der Waals surface area (Å²) < 4.78 is 19.3. The Bertz CT molecular complexity index is 1010. The van der Waals surface area contributed by atoms with Crippen molar-refractivity contribution >= 4 is 11.6 Å². The molecule has 4 rings (SSSR count). The van der Waals surface area contributed by atoms with Crippen LogP contribution < -0.4 is 10.2 Å². The fourth-order valence-electron chi connectivity index (χ4n) is 3.68. The maximum Gasteiger partial charge on any atom is 0.290 e. The van der Waals surface area contributed by atoms with E-state index in [1.807, 2.05) is 37.3 Å². The van der Waals surface area contributed by atoms with Crippen LogP contribution in [0.5, 0.6) is 0 Å². The summed E-state index contributed by atoms with van der Waals surface area (Å²) in [6.07, 6.45) is 0. The number of hydrogen-bond acceptors (Lipinski definition) is 5. The lowest BCUT2D eigenvalue weighted by molar-refractivity contribution is 0.0902. The molecule has 1 amide bonds. The molecule has 2 aromatic carbocycles. The molecule has 1 N–H and O–H groups in total. The highest BCUT2D eigenvalue weighted by molar-refractivity contribution is 5.92. The number of carbonyl (C=O) groups excluding carboxylic acids is 1. The predicted octanol–water partition coefficient (Wildman–Crippen LogP) is 3.72. The average molecular weight is 408 g/mol. The lowest BCUT2D eigenvalue weighted by atomic mass is 10.0. The fraction of sp³-hybridized carbons (Fsp3) is 0.304. The number of aromatic nitrogens is 1. The molecule has 0 radical (unpaired) electrons. The summed E-state index contributed by atoms with van der Waals surface area (Å²) >= 11 is 0. The molecular weight excluding hydrogens is 383 g/mol. The van der Waals surface area contributed by atoms with Gasteiger partial charge in [-0.15, -0.1) is 0 Å². The molecule has 0 saturated carbocycles.